The van der Waals surface area contributed by atoms with Crippen LogP contribution in [0.4, 0.5) is 11.4 Å². The second kappa shape index (κ2) is 5.09. The minimum Gasteiger partial charge on any atom is -0.370 e. The van der Waals surface area contributed by atoms with Gasteiger partial charge in [0, 0.05) is 13.1 Å². The van der Waals surface area contributed by atoms with Crippen LogP contribution in [0.5, 0.6) is 0 Å². The quantitative estimate of drug-likeness (QED) is 0.868. The molecule has 1 fully saturated rings. The van der Waals surface area contributed by atoms with Crippen LogP contribution in [-0.2, 0) is 4.79 Å². The summed E-state index contributed by atoms with van der Waals surface area (Å²) in [5.74, 6) is -0.346. The number of carbonyl (C=O) groups is 2. The van der Waals surface area contributed by atoms with Crippen molar-refractivity contribution in [1.82, 2.24) is 0 Å². The van der Waals surface area contributed by atoms with E-state index < -0.39 is 11.7 Å². The summed E-state index contributed by atoms with van der Waals surface area (Å²) < 4.78 is 0. The second-order valence-corrected chi connectivity index (χ2v) is 5.88. The van der Waals surface area contributed by atoms with E-state index in [2.05, 4.69) is 17.1 Å². The van der Waals surface area contributed by atoms with Gasteiger partial charge in [0.05, 0.1) is 22.0 Å². The molecule has 0 spiro atoms. The van der Waals surface area contributed by atoms with Gasteiger partial charge in [-0.15, -0.1) is 0 Å². The van der Waals surface area contributed by atoms with Gasteiger partial charge in [0.1, 0.15) is 0 Å². The van der Waals surface area contributed by atoms with Gasteiger partial charge in [-0.05, 0) is 37.8 Å². The lowest BCUT2D eigenvalue weighted by Gasteiger charge is -2.33. The minimum absolute atomic E-state index is 0.378. The average molecular weight is 293 g/mol. The molecule has 1 aliphatic heterocycles. The van der Waals surface area contributed by atoms with Gasteiger partial charge in [-0.1, -0.05) is 18.0 Å². The molecular weight excluding hydrogens is 276 g/mol. The van der Waals surface area contributed by atoms with Crippen LogP contribution >= 0.6 is 11.6 Å². The summed E-state index contributed by atoms with van der Waals surface area (Å²) in [4.78, 5) is 25.3. The van der Waals surface area contributed by atoms with Gasteiger partial charge in [-0.25, -0.2) is 0 Å². The first kappa shape index (κ1) is 13.4. The van der Waals surface area contributed by atoms with Crippen molar-refractivity contribution in [1.29, 1.82) is 0 Å². The molecule has 106 valence electrons. The van der Waals surface area contributed by atoms with Crippen molar-refractivity contribution < 1.29 is 9.59 Å². The normalized spacial score (nSPS) is 17.7. The fourth-order valence-electron chi connectivity index (χ4n) is 2.78. The van der Waals surface area contributed by atoms with Gasteiger partial charge >= 0.3 is 0 Å². The number of ketones is 1. The molecule has 20 heavy (non-hydrogen) atoms. The number of nitrogens with zero attached hydrogens (tertiary/aromatic N) is 1. The number of hydrogen-bond acceptors (Lipinski definition) is 3. The molecule has 0 saturated heterocycles. The Hall–Kier alpha value is -1.55. The standard InChI is InChI=1S/C15H17ClN2O2/c1-2-18(8-9-4-3-5-9)13-7-12-10(6-11(13)16)14(19)15(20)17-12/h6-7,9H,2-5,8H2,1H3,(H,17,19,20). The molecule has 4 nitrogen and oxygen atoms in total. The molecule has 1 aromatic carbocycles. The van der Waals surface area contributed by atoms with E-state index in [0.29, 0.717) is 16.3 Å². The molecule has 1 heterocycles. The molecule has 0 bridgehead atoms. The first-order valence-corrected chi connectivity index (χ1v) is 7.42. The highest BCUT2D eigenvalue weighted by molar-refractivity contribution is 6.52. The number of Topliss-reactive ketones (excluding diaryl/α,β-unsaturated/α-hetero) is 1. The van der Waals surface area contributed by atoms with E-state index in [1.807, 2.05) is 6.07 Å². The van der Waals surface area contributed by atoms with Gasteiger partial charge in [0.15, 0.2) is 0 Å². The fraction of sp³-hybridized carbons (Fsp3) is 0.467. The maximum Gasteiger partial charge on any atom is 0.296 e. The van der Waals surface area contributed by atoms with Crippen LogP contribution in [-0.4, -0.2) is 24.8 Å². The zero-order valence-electron chi connectivity index (χ0n) is 11.4. The van der Waals surface area contributed by atoms with Crippen LogP contribution in [0.3, 0.4) is 0 Å². The first-order valence-electron chi connectivity index (χ1n) is 7.04. The van der Waals surface area contributed by atoms with Crippen LogP contribution in [0.2, 0.25) is 5.02 Å². The molecule has 3 rings (SSSR count). The van der Waals surface area contributed by atoms with E-state index in [0.717, 1.165) is 24.7 Å². The number of hydrogen-bond donors (Lipinski definition) is 1. The molecule has 0 radical (unpaired) electrons. The van der Waals surface area contributed by atoms with Gasteiger partial charge in [-0.2, -0.15) is 0 Å². The fourth-order valence-corrected chi connectivity index (χ4v) is 3.06. The molecule has 1 N–H and O–H groups in total. The summed E-state index contributed by atoms with van der Waals surface area (Å²) in [6.07, 6.45) is 3.85. The Labute approximate surface area is 123 Å². The molecule has 0 unspecified atom stereocenters. The molecule has 2 aliphatic rings. The Kier molecular flexibility index (Phi) is 3.42. The predicted octanol–water partition coefficient (Wildman–Crippen LogP) is 3.10. The van der Waals surface area contributed by atoms with E-state index in [-0.39, 0.29) is 0 Å². The van der Waals surface area contributed by atoms with Crippen molar-refractivity contribution in [3.63, 3.8) is 0 Å². The Morgan fingerprint density at radius 2 is 2.10 bits per heavy atom. The van der Waals surface area contributed by atoms with Crippen molar-refractivity contribution in [2.75, 3.05) is 23.3 Å². The lowest BCUT2D eigenvalue weighted by Crippen LogP contribution is -2.32. The molecule has 0 aromatic heterocycles. The number of nitrogens with one attached hydrogen (secondary N) is 1. The monoisotopic (exact) mass is 292 g/mol. The number of halogens is 1. The maximum atomic E-state index is 11.6. The Bertz CT molecular complexity index is 581. The third-order valence-electron chi connectivity index (χ3n) is 4.21. The van der Waals surface area contributed by atoms with Gasteiger partial charge in [0.2, 0.25) is 0 Å². The lowest BCUT2D eigenvalue weighted by atomic mass is 9.85. The average Bonchev–Trinajstić information content (AvgIpc) is 2.64. The first-order chi connectivity index (χ1) is 9.60. The van der Waals surface area contributed by atoms with Gasteiger partial charge in [0.25, 0.3) is 11.7 Å². The highest BCUT2D eigenvalue weighted by Crippen LogP contribution is 2.37. The third kappa shape index (κ3) is 2.18. The summed E-state index contributed by atoms with van der Waals surface area (Å²) in [5, 5.41) is 3.14. The number of fused-ring (bicyclic) bond motifs is 1. The molecule has 1 saturated carbocycles. The van der Waals surface area contributed by atoms with Crippen molar-refractivity contribution >= 4 is 34.7 Å². The molecule has 1 aliphatic carbocycles. The number of anilines is 2. The van der Waals surface area contributed by atoms with Crippen LogP contribution in [0.25, 0.3) is 0 Å². The van der Waals surface area contributed by atoms with E-state index >= 15 is 0 Å². The van der Waals surface area contributed by atoms with E-state index in [9.17, 15) is 9.59 Å². The summed E-state index contributed by atoms with van der Waals surface area (Å²) >= 11 is 6.31. The van der Waals surface area contributed by atoms with E-state index in [4.69, 9.17) is 11.6 Å². The molecule has 0 atom stereocenters. The molecule has 1 amide bonds. The molecular formula is C15H17ClN2O2. The SMILES string of the molecule is CCN(CC1CCC1)c1cc2c(cc1Cl)C(=O)C(=O)N2. The molecule has 5 heteroatoms. The number of rotatable bonds is 4. The van der Waals surface area contributed by atoms with Crippen molar-refractivity contribution in [2.24, 2.45) is 5.92 Å². The zero-order valence-corrected chi connectivity index (χ0v) is 12.2. The smallest absolute Gasteiger partial charge is 0.296 e. The summed E-state index contributed by atoms with van der Waals surface area (Å²) in [6, 6.07) is 3.43. The zero-order chi connectivity index (χ0) is 14.3. The second-order valence-electron chi connectivity index (χ2n) is 5.47. The topological polar surface area (TPSA) is 49.4 Å². The van der Waals surface area contributed by atoms with Crippen LogP contribution in [0, 0.1) is 5.92 Å². The Morgan fingerprint density at radius 1 is 1.35 bits per heavy atom. The van der Waals surface area contributed by atoms with Gasteiger partial charge < -0.3 is 10.2 Å². The lowest BCUT2D eigenvalue weighted by molar-refractivity contribution is -0.112. The highest BCUT2D eigenvalue weighted by Gasteiger charge is 2.30. The van der Waals surface area contributed by atoms with Gasteiger partial charge in [-0.3, -0.25) is 9.59 Å². The molecule has 1 aromatic rings. The number of benzene rings is 1. The number of amides is 1. The van der Waals surface area contributed by atoms with Crippen LogP contribution in [0.15, 0.2) is 12.1 Å². The third-order valence-corrected chi connectivity index (χ3v) is 4.51. The maximum absolute atomic E-state index is 11.6. The Balaban J connectivity index is 1.91. The van der Waals surface area contributed by atoms with Crippen LogP contribution < -0.4 is 10.2 Å². The summed E-state index contributed by atoms with van der Waals surface area (Å²) in [5.41, 5.74) is 1.85. The summed E-state index contributed by atoms with van der Waals surface area (Å²) in [7, 11) is 0. The van der Waals surface area contributed by atoms with Crippen molar-refractivity contribution in [2.45, 2.75) is 26.2 Å². The van der Waals surface area contributed by atoms with Crippen molar-refractivity contribution in [3.8, 4) is 0 Å². The van der Waals surface area contributed by atoms with E-state index in [1.54, 1.807) is 6.07 Å². The minimum atomic E-state index is -0.574. The predicted molar refractivity (Wildman–Crippen MR) is 79.6 cm³/mol. The summed E-state index contributed by atoms with van der Waals surface area (Å²) in [6.45, 7) is 3.93. The largest absolute Gasteiger partial charge is 0.370 e. The van der Waals surface area contributed by atoms with Crippen molar-refractivity contribution in [3.05, 3.63) is 22.7 Å². The number of carbonyl (C=O) groups excluding carboxylic acids is 2. The highest BCUT2D eigenvalue weighted by atomic mass is 35.5. The van der Waals surface area contributed by atoms with E-state index in [1.165, 1.54) is 19.3 Å². The Morgan fingerprint density at radius 3 is 2.70 bits per heavy atom. The van der Waals surface area contributed by atoms with Crippen LogP contribution in [0.1, 0.15) is 36.5 Å².